The minimum atomic E-state index is -2.45. The molecule has 1 aromatic heterocycles. The predicted molar refractivity (Wildman–Crippen MR) is 110 cm³/mol. The Bertz CT molecular complexity index is 783. The zero-order valence-corrected chi connectivity index (χ0v) is 19.3. The number of fused-ring (bicyclic) bond motifs is 2. The van der Waals surface area contributed by atoms with E-state index in [0.29, 0.717) is 11.3 Å². The van der Waals surface area contributed by atoms with E-state index >= 15 is 0 Å². The monoisotopic (exact) mass is 441 g/mol. The molecule has 0 radical (unpaired) electrons. The van der Waals surface area contributed by atoms with E-state index in [9.17, 15) is 15.2 Å². The fourth-order valence-corrected chi connectivity index (χ4v) is 5.10. The number of ether oxygens (including phenoxy) is 3. The lowest BCUT2D eigenvalue weighted by Gasteiger charge is -2.53. The average molecular weight is 442 g/mol. The lowest BCUT2D eigenvalue weighted by atomic mass is 9.74. The molecule has 2 fully saturated rings. The highest BCUT2D eigenvalue weighted by molar-refractivity contribution is 6.74. The second-order valence-electron chi connectivity index (χ2n) is 9.36. The Kier molecular flexibility index (Phi) is 6.04. The summed E-state index contributed by atoms with van der Waals surface area (Å²) in [6, 6.07) is 2.14. The number of hydrogen-bond donors (Lipinski definition) is 1. The quantitative estimate of drug-likeness (QED) is 0.310. The van der Waals surface area contributed by atoms with Crippen LogP contribution in [0, 0.1) is 10.1 Å². The summed E-state index contributed by atoms with van der Waals surface area (Å²) in [5, 5.41) is 22.1. The molecule has 2 bridgehead atoms. The lowest BCUT2D eigenvalue weighted by Crippen LogP contribution is -2.68. The molecule has 2 heterocycles. The largest absolute Gasteiger partial charge is 0.469 e. The van der Waals surface area contributed by atoms with Crippen molar-refractivity contribution < 1.29 is 33.1 Å². The molecule has 2 aliphatic rings. The number of methoxy groups -OCH3 is 1. The first-order valence-corrected chi connectivity index (χ1v) is 12.8. The standard InChI is InChI=1S/C20H31NO8Si/c1-12-16-14(13-9-8-10-26-13)15(21(23)24)18(29-30(6,7)19(2,3)4)17(12)28-20(11-22,25-5)27-16/h8-10,14-18,22H,1,11H2,2-7H3/t14-,15-,16?,17?,18+,20-/m1/s1. The van der Waals surface area contributed by atoms with Crippen LogP contribution in [0.25, 0.3) is 0 Å². The molecule has 1 aliphatic carbocycles. The Morgan fingerprint density at radius 2 is 1.97 bits per heavy atom. The summed E-state index contributed by atoms with van der Waals surface area (Å²) in [7, 11) is -1.10. The van der Waals surface area contributed by atoms with E-state index in [2.05, 4.69) is 27.4 Å². The normalized spacial score (nSPS) is 34.8. The van der Waals surface area contributed by atoms with Crippen molar-refractivity contribution in [1.82, 2.24) is 0 Å². The van der Waals surface area contributed by atoms with Gasteiger partial charge in [0.05, 0.1) is 6.26 Å². The molecule has 10 heteroatoms. The maximum Gasteiger partial charge on any atom is 0.308 e. The SMILES string of the molecule is C=C1C2O[C@](CO)(OC)OC1[C@H](c1ccco1)[C@@H]([N+](=O)[O-])[C@@H]2O[Si](C)(C)C(C)(C)C. The highest BCUT2D eigenvalue weighted by Gasteiger charge is 2.64. The lowest BCUT2D eigenvalue weighted by molar-refractivity contribution is -0.558. The molecular formula is C20H31NO8Si. The highest BCUT2D eigenvalue weighted by atomic mass is 28.4. The van der Waals surface area contributed by atoms with E-state index in [0.717, 1.165) is 0 Å². The molecule has 1 N–H and O–H groups in total. The molecule has 3 rings (SSSR count). The second kappa shape index (κ2) is 7.85. The third-order valence-electron chi connectivity index (χ3n) is 6.53. The third kappa shape index (κ3) is 3.76. The van der Waals surface area contributed by atoms with E-state index in [-0.39, 0.29) is 9.96 Å². The van der Waals surface area contributed by atoms with Crippen molar-refractivity contribution >= 4 is 8.32 Å². The van der Waals surface area contributed by atoms with Gasteiger partial charge in [-0.15, -0.1) is 0 Å². The molecule has 0 spiro atoms. The molecule has 0 aromatic carbocycles. The zero-order chi connectivity index (χ0) is 22.5. The summed E-state index contributed by atoms with van der Waals surface area (Å²) in [4.78, 5) is 12.0. The molecule has 1 saturated heterocycles. The molecule has 1 aromatic rings. The summed E-state index contributed by atoms with van der Waals surface area (Å²) >= 11 is 0. The van der Waals surface area contributed by atoms with Crippen LogP contribution in [-0.2, 0) is 18.6 Å². The van der Waals surface area contributed by atoms with E-state index in [1.807, 2.05) is 13.1 Å². The van der Waals surface area contributed by atoms with Gasteiger partial charge < -0.3 is 28.2 Å². The number of hydrogen-bond acceptors (Lipinski definition) is 8. The van der Waals surface area contributed by atoms with Crippen molar-refractivity contribution in [2.45, 2.75) is 75.1 Å². The van der Waals surface area contributed by atoms with Crippen LogP contribution in [0.3, 0.4) is 0 Å². The van der Waals surface area contributed by atoms with Crippen LogP contribution in [0.2, 0.25) is 18.1 Å². The van der Waals surface area contributed by atoms with Crippen molar-refractivity contribution in [2.24, 2.45) is 0 Å². The van der Waals surface area contributed by atoms with Gasteiger partial charge in [0.15, 0.2) is 8.32 Å². The third-order valence-corrected chi connectivity index (χ3v) is 11.0. The molecule has 9 nitrogen and oxygen atoms in total. The second-order valence-corrected chi connectivity index (χ2v) is 14.1. The van der Waals surface area contributed by atoms with Gasteiger partial charge in [-0.05, 0) is 35.8 Å². The van der Waals surface area contributed by atoms with Gasteiger partial charge in [-0.1, -0.05) is 27.4 Å². The first-order valence-electron chi connectivity index (χ1n) is 9.92. The maximum absolute atomic E-state index is 12.3. The van der Waals surface area contributed by atoms with Crippen molar-refractivity contribution in [3.05, 3.63) is 46.4 Å². The first kappa shape index (κ1) is 23.1. The maximum atomic E-state index is 12.3. The average Bonchev–Trinajstić information content (AvgIpc) is 3.17. The Labute approximate surface area is 177 Å². The van der Waals surface area contributed by atoms with Crippen LogP contribution in [0.4, 0.5) is 0 Å². The van der Waals surface area contributed by atoms with Crippen LogP contribution in [0.5, 0.6) is 0 Å². The van der Waals surface area contributed by atoms with Gasteiger partial charge >= 0.3 is 5.97 Å². The molecular weight excluding hydrogens is 410 g/mol. The Hall–Kier alpha value is -1.56. The molecule has 30 heavy (non-hydrogen) atoms. The fourth-order valence-electron chi connectivity index (χ4n) is 3.81. The van der Waals surface area contributed by atoms with Crippen molar-refractivity contribution in [2.75, 3.05) is 13.7 Å². The number of furan rings is 1. The minimum Gasteiger partial charge on any atom is -0.469 e. The molecule has 2 unspecified atom stereocenters. The highest BCUT2D eigenvalue weighted by Crippen LogP contribution is 2.50. The summed E-state index contributed by atoms with van der Waals surface area (Å²) in [6.07, 6.45) is -1.23. The molecule has 1 aliphatic heterocycles. The van der Waals surface area contributed by atoms with Crippen LogP contribution in [0.1, 0.15) is 32.4 Å². The van der Waals surface area contributed by atoms with Gasteiger partial charge in [0.25, 0.3) is 6.04 Å². The van der Waals surface area contributed by atoms with Crippen LogP contribution >= 0.6 is 0 Å². The minimum absolute atomic E-state index is 0.188. The smallest absolute Gasteiger partial charge is 0.308 e. The summed E-state index contributed by atoms with van der Waals surface area (Å²) in [6.45, 7) is 13.7. The van der Waals surface area contributed by atoms with Gasteiger partial charge in [-0.2, -0.15) is 0 Å². The number of aliphatic hydroxyl groups is 1. The number of aliphatic hydroxyl groups excluding tert-OH is 1. The fraction of sp³-hybridized carbons (Fsp3) is 0.700. The van der Waals surface area contributed by atoms with Gasteiger partial charge in [-0.3, -0.25) is 10.1 Å². The van der Waals surface area contributed by atoms with E-state index in [1.165, 1.54) is 13.4 Å². The van der Waals surface area contributed by atoms with Crippen molar-refractivity contribution in [3.63, 3.8) is 0 Å². The summed E-state index contributed by atoms with van der Waals surface area (Å²) < 4.78 is 29.3. The van der Waals surface area contributed by atoms with Gasteiger partial charge in [0.2, 0.25) is 0 Å². The molecule has 0 amide bonds. The number of nitro groups is 1. The summed E-state index contributed by atoms with van der Waals surface area (Å²) in [5.74, 6) is -2.20. The van der Waals surface area contributed by atoms with Crippen molar-refractivity contribution in [3.8, 4) is 0 Å². The Balaban J connectivity index is 2.14. The van der Waals surface area contributed by atoms with Crippen LogP contribution in [-0.4, -0.2) is 62.4 Å². The van der Waals surface area contributed by atoms with E-state index < -0.39 is 51.2 Å². The molecule has 1 saturated carbocycles. The van der Waals surface area contributed by atoms with Gasteiger partial charge in [0.1, 0.15) is 36.6 Å². The van der Waals surface area contributed by atoms with Crippen molar-refractivity contribution in [1.29, 1.82) is 0 Å². The van der Waals surface area contributed by atoms with Gasteiger partial charge in [-0.25, -0.2) is 0 Å². The number of nitrogens with zero attached hydrogens (tertiary/aromatic N) is 1. The van der Waals surface area contributed by atoms with E-state index in [4.69, 9.17) is 23.1 Å². The summed E-state index contributed by atoms with van der Waals surface area (Å²) in [5.41, 5.74) is 0.499. The molecule has 6 atom stereocenters. The topological polar surface area (TPSA) is 113 Å². The predicted octanol–water partition coefficient (Wildman–Crippen LogP) is 3.05. The van der Waals surface area contributed by atoms with Crippen LogP contribution in [0.15, 0.2) is 35.0 Å². The van der Waals surface area contributed by atoms with Crippen LogP contribution < -0.4 is 0 Å². The van der Waals surface area contributed by atoms with Gasteiger partial charge in [0, 0.05) is 12.0 Å². The Morgan fingerprint density at radius 1 is 1.33 bits per heavy atom. The molecule has 168 valence electrons. The number of rotatable bonds is 6. The van der Waals surface area contributed by atoms with E-state index in [1.54, 1.807) is 12.1 Å². The zero-order valence-electron chi connectivity index (χ0n) is 18.3. The Morgan fingerprint density at radius 3 is 2.43 bits per heavy atom. The first-order chi connectivity index (χ1) is 13.9.